The van der Waals surface area contributed by atoms with Gasteiger partial charge in [-0.1, -0.05) is 224 Å². The maximum Gasteiger partial charge on any atom is 0.164 e. The van der Waals surface area contributed by atoms with E-state index in [1.54, 1.807) is 0 Å². The molecule has 0 saturated heterocycles. The zero-order valence-electron chi connectivity index (χ0n) is 34.7. The first-order valence-electron chi connectivity index (χ1n) is 21.9. The van der Waals surface area contributed by atoms with Crippen LogP contribution in [0.3, 0.4) is 0 Å². The van der Waals surface area contributed by atoms with Crippen molar-refractivity contribution in [2.45, 2.75) is 0 Å². The first-order chi connectivity index (χ1) is 31.8. The molecule has 296 valence electrons. The minimum absolute atomic E-state index is 0.639. The summed E-state index contributed by atoms with van der Waals surface area (Å²) < 4.78 is 0. The average molecular weight is 812 g/mol. The molecule has 64 heavy (non-hydrogen) atoms. The number of hydrogen-bond donors (Lipinski definition) is 0. The van der Waals surface area contributed by atoms with Crippen LogP contribution < -0.4 is 0 Å². The molecular formula is C61H37N3. The minimum Gasteiger partial charge on any atom is -0.208 e. The predicted molar refractivity (Wildman–Crippen MR) is 270 cm³/mol. The molecule has 0 amide bonds. The Labute approximate surface area is 369 Å². The first kappa shape index (κ1) is 36.2. The molecule has 0 aliphatic rings. The second-order valence-corrected chi connectivity index (χ2v) is 16.6. The molecule has 13 aromatic rings. The monoisotopic (exact) mass is 811 g/mol. The fourth-order valence-electron chi connectivity index (χ4n) is 10.3. The van der Waals surface area contributed by atoms with Crippen LogP contribution in [0.4, 0.5) is 0 Å². The van der Waals surface area contributed by atoms with Gasteiger partial charge in [0.15, 0.2) is 17.5 Å². The number of nitrogens with zero attached hydrogens (tertiary/aromatic N) is 3. The molecule has 0 bridgehead atoms. The summed E-state index contributed by atoms with van der Waals surface area (Å²) in [4.78, 5) is 15.0. The fraction of sp³-hybridized carbons (Fsp3) is 0. The largest absolute Gasteiger partial charge is 0.208 e. The van der Waals surface area contributed by atoms with Gasteiger partial charge in [0.1, 0.15) is 0 Å². The van der Waals surface area contributed by atoms with Gasteiger partial charge in [-0.05, 0) is 97.7 Å². The maximum atomic E-state index is 5.02. The van der Waals surface area contributed by atoms with E-state index in [1.807, 2.05) is 60.7 Å². The molecule has 3 nitrogen and oxygen atoms in total. The number of aromatic nitrogens is 3. The molecule has 0 aliphatic heterocycles. The van der Waals surface area contributed by atoms with Gasteiger partial charge in [0.25, 0.3) is 0 Å². The van der Waals surface area contributed by atoms with Crippen LogP contribution in [0.2, 0.25) is 0 Å². The third-order valence-corrected chi connectivity index (χ3v) is 13.1. The van der Waals surface area contributed by atoms with Crippen molar-refractivity contribution in [2.75, 3.05) is 0 Å². The Kier molecular flexibility index (Phi) is 8.22. The SMILES string of the molecule is c1ccc(-c2nc(-c3ccccc3)nc(-c3ccc(-c4c5ccccc5c(-c5cccc6c7cccc8ccc9cccc(c%10ccccc%10c56)c9c87)c5ccccc45)cc3)n2)cc1. The van der Waals surface area contributed by atoms with Crippen LogP contribution in [0, 0.1) is 0 Å². The van der Waals surface area contributed by atoms with Gasteiger partial charge in [-0.2, -0.15) is 0 Å². The molecule has 12 aromatic carbocycles. The average Bonchev–Trinajstić information content (AvgIpc) is 3.37. The number of hydrogen-bond acceptors (Lipinski definition) is 3. The van der Waals surface area contributed by atoms with Crippen molar-refractivity contribution in [1.82, 2.24) is 15.0 Å². The highest BCUT2D eigenvalue weighted by molar-refractivity contribution is 6.35. The van der Waals surface area contributed by atoms with Crippen LogP contribution in [0.1, 0.15) is 0 Å². The molecule has 0 aliphatic carbocycles. The van der Waals surface area contributed by atoms with Crippen LogP contribution in [-0.4, -0.2) is 15.0 Å². The molecule has 1 aromatic heterocycles. The molecular weight excluding hydrogens is 775 g/mol. The molecule has 0 spiro atoms. The zero-order valence-corrected chi connectivity index (χ0v) is 34.7. The predicted octanol–water partition coefficient (Wildman–Crippen LogP) is 16.3. The number of fused-ring (bicyclic) bond motifs is 7. The van der Waals surface area contributed by atoms with Crippen molar-refractivity contribution in [3.63, 3.8) is 0 Å². The van der Waals surface area contributed by atoms with Crippen molar-refractivity contribution in [3.05, 3.63) is 224 Å². The van der Waals surface area contributed by atoms with Gasteiger partial charge in [0.05, 0.1) is 0 Å². The topological polar surface area (TPSA) is 38.7 Å². The summed E-state index contributed by atoms with van der Waals surface area (Å²) in [6.07, 6.45) is 0. The lowest BCUT2D eigenvalue weighted by Gasteiger charge is -2.20. The Balaban J connectivity index is 1.06. The molecule has 0 unspecified atom stereocenters. The Hall–Kier alpha value is -8.53. The Morgan fingerprint density at radius 2 is 0.547 bits per heavy atom. The van der Waals surface area contributed by atoms with Crippen LogP contribution in [0.15, 0.2) is 224 Å². The first-order valence-corrected chi connectivity index (χ1v) is 21.9. The van der Waals surface area contributed by atoms with E-state index < -0.39 is 0 Å². The Bertz CT molecular complexity index is 3880. The van der Waals surface area contributed by atoms with Crippen LogP contribution in [0.5, 0.6) is 0 Å². The highest BCUT2D eigenvalue weighted by Crippen LogP contribution is 2.48. The van der Waals surface area contributed by atoms with E-state index >= 15 is 0 Å². The van der Waals surface area contributed by atoms with Crippen molar-refractivity contribution in [2.24, 2.45) is 0 Å². The molecule has 0 saturated carbocycles. The van der Waals surface area contributed by atoms with Gasteiger partial charge >= 0.3 is 0 Å². The van der Waals surface area contributed by atoms with E-state index in [0.29, 0.717) is 17.5 Å². The minimum atomic E-state index is 0.639. The van der Waals surface area contributed by atoms with Gasteiger partial charge in [0.2, 0.25) is 0 Å². The third-order valence-electron chi connectivity index (χ3n) is 13.1. The van der Waals surface area contributed by atoms with Crippen LogP contribution in [-0.2, 0) is 0 Å². The van der Waals surface area contributed by atoms with E-state index in [4.69, 9.17) is 15.0 Å². The molecule has 0 N–H and O–H groups in total. The van der Waals surface area contributed by atoms with Crippen molar-refractivity contribution in [3.8, 4) is 56.4 Å². The molecule has 1 heterocycles. The van der Waals surface area contributed by atoms with Gasteiger partial charge in [-0.15, -0.1) is 0 Å². The highest BCUT2D eigenvalue weighted by atomic mass is 15.0. The van der Waals surface area contributed by atoms with Gasteiger partial charge in [-0.25, -0.2) is 15.0 Å². The van der Waals surface area contributed by atoms with E-state index in [0.717, 1.165) is 22.3 Å². The fourth-order valence-corrected chi connectivity index (χ4v) is 10.3. The van der Waals surface area contributed by atoms with Crippen molar-refractivity contribution in [1.29, 1.82) is 0 Å². The van der Waals surface area contributed by atoms with Gasteiger partial charge in [0, 0.05) is 16.7 Å². The summed E-state index contributed by atoms with van der Waals surface area (Å²) in [7, 11) is 0. The second-order valence-electron chi connectivity index (χ2n) is 16.6. The smallest absolute Gasteiger partial charge is 0.164 e. The van der Waals surface area contributed by atoms with Gasteiger partial charge < -0.3 is 0 Å². The normalized spacial score (nSPS) is 11.8. The van der Waals surface area contributed by atoms with Gasteiger partial charge in [-0.3, -0.25) is 0 Å². The summed E-state index contributed by atoms with van der Waals surface area (Å²) in [5, 5.41) is 17.5. The Morgan fingerprint density at radius 1 is 0.203 bits per heavy atom. The summed E-state index contributed by atoms with van der Waals surface area (Å²) in [5.41, 5.74) is 7.63. The van der Waals surface area contributed by atoms with Crippen molar-refractivity contribution >= 4 is 75.4 Å². The van der Waals surface area contributed by atoms with E-state index in [9.17, 15) is 0 Å². The van der Waals surface area contributed by atoms with Crippen LogP contribution >= 0.6 is 0 Å². The second kappa shape index (κ2) is 14.5. The molecule has 0 atom stereocenters. The lowest BCUT2D eigenvalue weighted by molar-refractivity contribution is 1.07. The maximum absolute atomic E-state index is 5.02. The lowest BCUT2D eigenvalue weighted by atomic mass is 9.83. The molecule has 3 heteroatoms. The molecule has 13 rings (SSSR count). The quantitative estimate of drug-likeness (QED) is 0.128. The lowest BCUT2D eigenvalue weighted by Crippen LogP contribution is -2.00. The zero-order chi connectivity index (χ0) is 42.1. The standard InChI is InChI=1S/C61H37N3/c1-3-16-41(17-4-1)59-62-60(42-18-5-2-6-19-42)64-61(63-59)43-36-34-40(35-37-43)54-47-24-9-11-26-50(47)58(51-27-12-10-25-48(51)54)53-31-15-30-52-49-29-14-21-39-33-32-38-20-13-28-45(55(38)56(39)49)44-22-7-8-23-46(44)57(52)53/h1-37H. The molecule has 0 radical (unpaired) electrons. The molecule has 0 fully saturated rings. The number of benzene rings is 11. The summed E-state index contributed by atoms with van der Waals surface area (Å²) in [6.45, 7) is 0. The van der Waals surface area contributed by atoms with E-state index in [-0.39, 0.29) is 0 Å². The third kappa shape index (κ3) is 5.65. The highest BCUT2D eigenvalue weighted by Gasteiger charge is 2.21. The summed E-state index contributed by atoms with van der Waals surface area (Å²) >= 11 is 0. The van der Waals surface area contributed by atoms with Crippen LogP contribution in [0.25, 0.3) is 132 Å². The number of rotatable bonds is 5. The Morgan fingerprint density at radius 3 is 1.06 bits per heavy atom. The van der Waals surface area contributed by atoms with Crippen molar-refractivity contribution < 1.29 is 0 Å². The summed E-state index contributed by atoms with van der Waals surface area (Å²) in [5.74, 6) is 1.94. The summed E-state index contributed by atoms with van der Waals surface area (Å²) in [6, 6.07) is 81.0. The van der Waals surface area contributed by atoms with E-state index in [1.165, 1.54) is 92.1 Å². The van der Waals surface area contributed by atoms with E-state index in [2.05, 4.69) is 164 Å².